The van der Waals surface area contributed by atoms with Gasteiger partial charge in [0.25, 0.3) is 0 Å². The van der Waals surface area contributed by atoms with Gasteiger partial charge in [0.15, 0.2) is 5.76 Å². The summed E-state index contributed by atoms with van der Waals surface area (Å²) in [5, 5.41) is 8.91. The second kappa shape index (κ2) is 5.20. The van der Waals surface area contributed by atoms with Crippen molar-refractivity contribution < 1.29 is 4.52 Å². The van der Waals surface area contributed by atoms with E-state index in [0.717, 1.165) is 52.4 Å². The van der Waals surface area contributed by atoms with E-state index in [-0.39, 0.29) is 0 Å². The quantitative estimate of drug-likeness (QED) is 0.554. The predicted octanol–water partition coefficient (Wildman–Crippen LogP) is 4.29. The summed E-state index contributed by atoms with van der Waals surface area (Å²) in [4.78, 5) is 0. The number of nitrogens with zero attached hydrogens (tertiary/aromatic N) is 3. The van der Waals surface area contributed by atoms with Crippen molar-refractivity contribution in [2.45, 2.75) is 12.8 Å². The maximum absolute atomic E-state index is 5.59. The molecule has 116 valence electrons. The zero-order chi connectivity index (χ0) is 15.9. The van der Waals surface area contributed by atoms with E-state index in [9.17, 15) is 0 Å². The SMILES string of the molecule is c1ccc(-c2c3c(nn2-c2ccccc2)CCc2cnoc2-3)cc1. The lowest BCUT2D eigenvalue weighted by molar-refractivity contribution is 0.430. The van der Waals surface area contributed by atoms with E-state index in [1.54, 1.807) is 0 Å². The van der Waals surface area contributed by atoms with Crippen molar-refractivity contribution in [2.24, 2.45) is 0 Å². The van der Waals surface area contributed by atoms with Crippen LogP contribution in [-0.2, 0) is 12.8 Å². The van der Waals surface area contributed by atoms with Crippen molar-refractivity contribution in [3.63, 3.8) is 0 Å². The van der Waals surface area contributed by atoms with E-state index in [2.05, 4.69) is 29.4 Å². The number of rotatable bonds is 2. The van der Waals surface area contributed by atoms with Gasteiger partial charge in [-0.05, 0) is 25.0 Å². The van der Waals surface area contributed by atoms with Crippen LogP contribution in [0.3, 0.4) is 0 Å². The van der Waals surface area contributed by atoms with Crippen molar-refractivity contribution in [3.8, 4) is 28.3 Å². The molecule has 0 saturated heterocycles. The Labute approximate surface area is 139 Å². The summed E-state index contributed by atoms with van der Waals surface area (Å²) in [6.45, 7) is 0. The Kier molecular flexibility index (Phi) is 2.88. The van der Waals surface area contributed by atoms with Gasteiger partial charge in [-0.15, -0.1) is 0 Å². The molecule has 5 rings (SSSR count). The summed E-state index contributed by atoms with van der Waals surface area (Å²) in [6.07, 6.45) is 3.65. The minimum Gasteiger partial charge on any atom is -0.356 e. The van der Waals surface area contributed by atoms with Crippen molar-refractivity contribution in [1.82, 2.24) is 14.9 Å². The fraction of sp³-hybridized carbons (Fsp3) is 0.100. The van der Waals surface area contributed by atoms with Gasteiger partial charge in [0.1, 0.15) is 0 Å². The molecule has 0 aliphatic heterocycles. The van der Waals surface area contributed by atoms with Gasteiger partial charge in [-0.1, -0.05) is 53.7 Å². The Morgan fingerprint density at radius 2 is 1.62 bits per heavy atom. The molecule has 1 aliphatic rings. The van der Waals surface area contributed by atoms with E-state index in [1.165, 1.54) is 0 Å². The molecule has 0 unspecified atom stereocenters. The van der Waals surface area contributed by atoms with Crippen LogP contribution >= 0.6 is 0 Å². The van der Waals surface area contributed by atoms with Crippen LogP contribution in [0.5, 0.6) is 0 Å². The summed E-state index contributed by atoms with van der Waals surface area (Å²) in [7, 11) is 0. The largest absolute Gasteiger partial charge is 0.356 e. The van der Waals surface area contributed by atoms with Crippen LogP contribution < -0.4 is 0 Å². The number of hydrogen-bond donors (Lipinski definition) is 0. The highest BCUT2D eigenvalue weighted by Gasteiger charge is 2.29. The zero-order valence-corrected chi connectivity index (χ0v) is 13.0. The van der Waals surface area contributed by atoms with Crippen molar-refractivity contribution in [1.29, 1.82) is 0 Å². The number of aromatic nitrogens is 3. The highest BCUT2D eigenvalue weighted by Crippen LogP contribution is 2.41. The Balaban J connectivity index is 1.85. The number of hydrogen-bond acceptors (Lipinski definition) is 3. The molecule has 0 fully saturated rings. The van der Waals surface area contributed by atoms with Crippen LogP contribution in [0.4, 0.5) is 0 Å². The minimum absolute atomic E-state index is 0.859. The molecule has 0 radical (unpaired) electrons. The first-order valence-electron chi connectivity index (χ1n) is 8.08. The van der Waals surface area contributed by atoms with Gasteiger partial charge in [-0.3, -0.25) is 0 Å². The molecule has 0 amide bonds. The third-order valence-electron chi connectivity index (χ3n) is 4.51. The van der Waals surface area contributed by atoms with Gasteiger partial charge in [0, 0.05) is 11.1 Å². The normalized spacial score (nSPS) is 12.7. The Morgan fingerprint density at radius 3 is 2.42 bits per heavy atom. The van der Waals surface area contributed by atoms with Gasteiger partial charge in [0.05, 0.1) is 28.8 Å². The lowest BCUT2D eigenvalue weighted by atomic mass is 9.93. The highest BCUT2D eigenvalue weighted by atomic mass is 16.5. The first-order valence-corrected chi connectivity index (χ1v) is 8.08. The topological polar surface area (TPSA) is 43.9 Å². The van der Waals surface area contributed by atoms with Gasteiger partial charge in [-0.25, -0.2) is 4.68 Å². The van der Waals surface area contributed by atoms with Crippen LogP contribution in [0, 0.1) is 0 Å². The highest BCUT2D eigenvalue weighted by molar-refractivity contribution is 5.84. The van der Waals surface area contributed by atoms with Crippen molar-refractivity contribution in [3.05, 3.63) is 78.1 Å². The van der Waals surface area contributed by atoms with Crippen molar-refractivity contribution in [2.75, 3.05) is 0 Å². The Morgan fingerprint density at radius 1 is 0.875 bits per heavy atom. The molecule has 4 nitrogen and oxygen atoms in total. The van der Waals surface area contributed by atoms with E-state index >= 15 is 0 Å². The molecule has 0 spiro atoms. The third-order valence-corrected chi connectivity index (χ3v) is 4.51. The second-order valence-electron chi connectivity index (χ2n) is 5.96. The first-order chi connectivity index (χ1) is 11.9. The lowest BCUT2D eigenvalue weighted by Gasteiger charge is -2.11. The average Bonchev–Trinajstić information content (AvgIpc) is 3.27. The molecular formula is C20H15N3O. The van der Waals surface area contributed by atoms with Crippen LogP contribution in [0.2, 0.25) is 0 Å². The van der Waals surface area contributed by atoms with Gasteiger partial charge in [-0.2, -0.15) is 5.10 Å². The fourth-order valence-corrected chi connectivity index (χ4v) is 3.39. The molecule has 4 heteroatoms. The molecule has 4 aromatic rings. The number of aryl methyl sites for hydroxylation is 2. The maximum atomic E-state index is 5.59. The Hall–Kier alpha value is -3.14. The third kappa shape index (κ3) is 1.93. The van der Waals surface area contributed by atoms with Gasteiger partial charge >= 0.3 is 0 Å². The molecule has 0 N–H and O–H groups in total. The molecular weight excluding hydrogens is 298 g/mol. The summed E-state index contributed by atoms with van der Waals surface area (Å²) in [5.74, 6) is 0.859. The maximum Gasteiger partial charge on any atom is 0.174 e. The van der Waals surface area contributed by atoms with Crippen molar-refractivity contribution >= 4 is 0 Å². The van der Waals surface area contributed by atoms with E-state index in [0.29, 0.717) is 0 Å². The molecule has 24 heavy (non-hydrogen) atoms. The van der Waals surface area contributed by atoms with E-state index in [4.69, 9.17) is 9.62 Å². The first kappa shape index (κ1) is 13.3. The monoisotopic (exact) mass is 313 g/mol. The number of fused-ring (bicyclic) bond motifs is 3. The molecule has 2 aromatic heterocycles. The Bertz CT molecular complexity index is 1000. The fourth-order valence-electron chi connectivity index (χ4n) is 3.39. The van der Waals surface area contributed by atoms with E-state index in [1.807, 2.05) is 47.3 Å². The van der Waals surface area contributed by atoms with Gasteiger partial charge in [0.2, 0.25) is 0 Å². The molecule has 1 aliphatic carbocycles. The molecule has 0 bridgehead atoms. The standard InChI is InChI=1S/C20H15N3O/c1-3-7-14(8-4-1)19-18-17(12-11-15-13-21-24-20(15)18)22-23(19)16-9-5-2-6-10-16/h1-10,13H,11-12H2. The van der Waals surface area contributed by atoms with Crippen LogP contribution in [0.1, 0.15) is 11.3 Å². The molecule has 0 saturated carbocycles. The predicted molar refractivity (Wildman–Crippen MR) is 91.9 cm³/mol. The number of para-hydroxylation sites is 1. The molecule has 2 aromatic carbocycles. The minimum atomic E-state index is 0.859. The van der Waals surface area contributed by atoms with E-state index < -0.39 is 0 Å². The molecule has 2 heterocycles. The number of benzene rings is 2. The lowest BCUT2D eigenvalue weighted by Crippen LogP contribution is -2.00. The van der Waals surface area contributed by atoms with Crippen LogP contribution in [0.25, 0.3) is 28.3 Å². The van der Waals surface area contributed by atoms with Crippen LogP contribution in [-0.4, -0.2) is 14.9 Å². The van der Waals surface area contributed by atoms with Crippen LogP contribution in [0.15, 0.2) is 71.4 Å². The molecule has 0 atom stereocenters. The van der Waals surface area contributed by atoms with Gasteiger partial charge < -0.3 is 4.52 Å². The second-order valence-corrected chi connectivity index (χ2v) is 5.96. The smallest absolute Gasteiger partial charge is 0.174 e. The summed E-state index contributed by atoms with van der Waals surface area (Å²) in [6, 6.07) is 20.6. The average molecular weight is 313 g/mol. The zero-order valence-electron chi connectivity index (χ0n) is 13.0. The summed E-state index contributed by atoms with van der Waals surface area (Å²) >= 11 is 0. The summed E-state index contributed by atoms with van der Waals surface area (Å²) < 4.78 is 7.62. The summed E-state index contributed by atoms with van der Waals surface area (Å²) in [5.41, 5.74) is 6.54.